The first-order chi connectivity index (χ1) is 7.09. The molecule has 15 heavy (non-hydrogen) atoms. The van der Waals surface area contributed by atoms with Crippen molar-refractivity contribution in [2.45, 2.75) is 13.8 Å². The average Bonchev–Trinajstić information content (AvgIpc) is 2.71. The molecule has 0 atom stereocenters. The van der Waals surface area contributed by atoms with Crippen LogP contribution in [0, 0.1) is 13.8 Å². The normalized spacial score (nSPS) is 10.5. The fourth-order valence-corrected chi connectivity index (χ4v) is 1.98. The lowest BCUT2D eigenvalue weighted by atomic mass is 10.3. The summed E-state index contributed by atoms with van der Waals surface area (Å²) in [6.07, 6.45) is 0. The minimum atomic E-state index is -0.577. The molecule has 2 aromatic heterocycles. The summed E-state index contributed by atoms with van der Waals surface area (Å²) in [5.41, 5.74) is 6.84. The van der Waals surface area contributed by atoms with Gasteiger partial charge in [-0.25, -0.2) is 4.98 Å². The van der Waals surface area contributed by atoms with E-state index in [1.807, 2.05) is 12.3 Å². The Balaban J connectivity index is 2.50. The molecule has 2 heterocycles. The summed E-state index contributed by atoms with van der Waals surface area (Å²) < 4.78 is 1.51. The number of aromatic nitrogens is 4. The molecule has 0 aromatic carbocycles. The number of carbonyl (C=O) groups excluding carboxylic acids is 1. The summed E-state index contributed by atoms with van der Waals surface area (Å²) in [7, 11) is 0. The molecule has 0 fully saturated rings. The highest BCUT2D eigenvalue weighted by Crippen LogP contribution is 2.16. The molecule has 2 N–H and O–H groups in total. The first-order valence-electron chi connectivity index (χ1n) is 4.24. The molecule has 0 radical (unpaired) electrons. The highest BCUT2D eigenvalue weighted by atomic mass is 32.1. The van der Waals surface area contributed by atoms with E-state index in [0.29, 0.717) is 10.8 Å². The topological polar surface area (TPSA) is 86.7 Å². The van der Waals surface area contributed by atoms with Crippen LogP contribution in [-0.4, -0.2) is 25.9 Å². The molecule has 0 saturated heterocycles. The zero-order valence-corrected chi connectivity index (χ0v) is 9.08. The fraction of sp³-hybridized carbons (Fsp3) is 0.250. The van der Waals surface area contributed by atoms with Crippen LogP contribution in [-0.2, 0) is 0 Å². The van der Waals surface area contributed by atoms with E-state index in [4.69, 9.17) is 5.73 Å². The number of rotatable bonds is 2. The van der Waals surface area contributed by atoms with Gasteiger partial charge in [0.25, 0.3) is 5.91 Å². The molecule has 0 aliphatic rings. The lowest BCUT2D eigenvalue weighted by Crippen LogP contribution is -2.13. The van der Waals surface area contributed by atoms with E-state index in [9.17, 15) is 4.79 Å². The lowest BCUT2D eigenvalue weighted by molar-refractivity contribution is 0.0995. The summed E-state index contributed by atoms with van der Waals surface area (Å²) in [4.78, 5) is 15.2. The third kappa shape index (κ3) is 1.61. The Bertz CT molecular complexity index is 515. The molecule has 1 amide bonds. The Hall–Kier alpha value is -1.76. The van der Waals surface area contributed by atoms with E-state index in [-0.39, 0.29) is 5.69 Å². The SMILES string of the molecule is Cc1csc(-n2nnc(C(N)=O)c2C)n1. The maximum Gasteiger partial charge on any atom is 0.271 e. The zero-order valence-electron chi connectivity index (χ0n) is 8.26. The van der Waals surface area contributed by atoms with Gasteiger partial charge in [-0.2, -0.15) is 4.68 Å². The summed E-state index contributed by atoms with van der Waals surface area (Å²) in [5, 5.41) is 10.1. The zero-order chi connectivity index (χ0) is 11.0. The van der Waals surface area contributed by atoms with Crippen LogP contribution in [0.4, 0.5) is 0 Å². The third-order valence-electron chi connectivity index (χ3n) is 1.92. The number of aryl methyl sites for hydroxylation is 1. The van der Waals surface area contributed by atoms with Gasteiger partial charge in [0.15, 0.2) is 5.69 Å². The number of primary amides is 1. The van der Waals surface area contributed by atoms with Crippen molar-refractivity contribution < 1.29 is 4.79 Å². The molecule has 0 aliphatic carbocycles. The predicted molar refractivity (Wildman–Crippen MR) is 55.0 cm³/mol. The predicted octanol–water partition coefficient (Wildman–Crippen LogP) is 0.440. The van der Waals surface area contributed by atoms with Crippen molar-refractivity contribution in [3.05, 3.63) is 22.5 Å². The van der Waals surface area contributed by atoms with Crippen LogP contribution >= 0.6 is 11.3 Å². The second kappa shape index (κ2) is 3.43. The van der Waals surface area contributed by atoms with Gasteiger partial charge in [0.1, 0.15) is 0 Å². The molecule has 0 saturated carbocycles. The van der Waals surface area contributed by atoms with Crippen LogP contribution in [0.5, 0.6) is 0 Å². The number of carbonyl (C=O) groups is 1. The number of nitrogens with two attached hydrogens (primary N) is 1. The number of nitrogens with zero attached hydrogens (tertiary/aromatic N) is 4. The van der Waals surface area contributed by atoms with Crippen molar-refractivity contribution in [3.63, 3.8) is 0 Å². The van der Waals surface area contributed by atoms with Gasteiger partial charge in [0.05, 0.1) is 11.4 Å². The average molecular weight is 223 g/mol. The number of amides is 1. The molecule has 0 bridgehead atoms. The van der Waals surface area contributed by atoms with Crippen molar-refractivity contribution in [1.82, 2.24) is 20.0 Å². The quantitative estimate of drug-likeness (QED) is 0.800. The maximum absolute atomic E-state index is 11.0. The van der Waals surface area contributed by atoms with Crippen molar-refractivity contribution in [1.29, 1.82) is 0 Å². The molecular weight excluding hydrogens is 214 g/mol. The smallest absolute Gasteiger partial charge is 0.271 e. The van der Waals surface area contributed by atoms with Crippen molar-refractivity contribution in [3.8, 4) is 5.13 Å². The lowest BCUT2D eigenvalue weighted by Gasteiger charge is -1.96. The number of thiazole rings is 1. The molecule has 6 nitrogen and oxygen atoms in total. The van der Waals surface area contributed by atoms with Crippen molar-refractivity contribution in [2.75, 3.05) is 0 Å². The molecule has 2 aromatic rings. The highest BCUT2D eigenvalue weighted by molar-refractivity contribution is 7.12. The van der Waals surface area contributed by atoms with Gasteiger partial charge in [-0.15, -0.1) is 16.4 Å². The minimum absolute atomic E-state index is 0.183. The van der Waals surface area contributed by atoms with Gasteiger partial charge in [-0.3, -0.25) is 4.79 Å². The summed E-state index contributed by atoms with van der Waals surface area (Å²) in [5.74, 6) is -0.577. The minimum Gasteiger partial charge on any atom is -0.364 e. The summed E-state index contributed by atoms with van der Waals surface area (Å²) >= 11 is 1.44. The van der Waals surface area contributed by atoms with Crippen molar-refractivity contribution >= 4 is 17.2 Å². The van der Waals surface area contributed by atoms with E-state index in [1.54, 1.807) is 6.92 Å². The first kappa shape index (κ1) is 9.78. The molecule has 7 heteroatoms. The Morgan fingerprint density at radius 2 is 2.27 bits per heavy atom. The van der Waals surface area contributed by atoms with Crippen LogP contribution < -0.4 is 5.73 Å². The van der Waals surface area contributed by atoms with Gasteiger partial charge in [0, 0.05) is 5.38 Å². The number of hydrogen-bond acceptors (Lipinski definition) is 5. The number of hydrogen-bond donors (Lipinski definition) is 1. The third-order valence-corrected chi connectivity index (χ3v) is 2.85. The van der Waals surface area contributed by atoms with E-state index in [1.165, 1.54) is 16.0 Å². The highest BCUT2D eigenvalue weighted by Gasteiger charge is 2.15. The Kier molecular flexibility index (Phi) is 2.24. The largest absolute Gasteiger partial charge is 0.364 e. The second-order valence-electron chi connectivity index (χ2n) is 3.07. The standard InChI is InChI=1S/C8H9N5OS/c1-4-3-15-8(10-4)13-5(2)6(7(9)14)11-12-13/h3H,1-2H3,(H2,9,14). The van der Waals surface area contributed by atoms with Crippen LogP contribution in [0.1, 0.15) is 21.9 Å². The second-order valence-corrected chi connectivity index (χ2v) is 3.91. The Morgan fingerprint density at radius 3 is 2.73 bits per heavy atom. The van der Waals surface area contributed by atoms with E-state index >= 15 is 0 Å². The van der Waals surface area contributed by atoms with Gasteiger partial charge >= 0.3 is 0 Å². The van der Waals surface area contributed by atoms with E-state index in [2.05, 4.69) is 15.3 Å². The molecule has 2 rings (SSSR count). The van der Waals surface area contributed by atoms with Gasteiger partial charge in [0.2, 0.25) is 5.13 Å². The van der Waals surface area contributed by atoms with Crippen LogP contribution in [0.15, 0.2) is 5.38 Å². The maximum atomic E-state index is 11.0. The van der Waals surface area contributed by atoms with Crippen LogP contribution in [0.2, 0.25) is 0 Å². The van der Waals surface area contributed by atoms with E-state index in [0.717, 1.165) is 5.69 Å². The van der Waals surface area contributed by atoms with Gasteiger partial charge < -0.3 is 5.73 Å². The molecular formula is C8H9N5OS. The monoisotopic (exact) mass is 223 g/mol. The molecule has 0 aliphatic heterocycles. The van der Waals surface area contributed by atoms with Gasteiger partial charge in [-0.1, -0.05) is 5.21 Å². The van der Waals surface area contributed by atoms with Crippen LogP contribution in [0.25, 0.3) is 5.13 Å². The van der Waals surface area contributed by atoms with Crippen LogP contribution in [0.3, 0.4) is 0 Å². The summed E-state index contributed by atoms with van der Waals surface area (Å²) in [6, 6.07) is 0. The Labute approximate surface area is 89.7 Å². The first-order valence-corrected chi connectivity index (χ1v) is 5.12. The Morgan fingerprint density at radius 1 is 1.53 bits per heavy atom. The van der Waals surface area contributed by atoms with Crippen molar-refractivity contribution in [2.24, 2.45) is 5.73 Å². The fourth-order valence-electron chi connectivity index (χ4n) is 1.18. The molecule has 0 spiro atoms. The summed E-state index contributed by atoms with van der Waals surface area (Å²) in [6.45, 7) is 3.62. The van der Waals surface area contributed by atoms with E-state index < -0.39 is 5.91 Å². The molecule has 78 valence electrons. The molecule has 0 unspecified atom stereocenters. The van der Waals surface area contributed by atoms with Gasteiger partial charge in [-0.05, 0) is 13.8 Å².